The molecule has 0 aliphatic rings. The first-order valence-electron chi connectivity index (χ1n) is 10.5. The zero-order valence-electron chi connectivity index (χ0n) is 17.9. The van der Waals surface area contributed by atoms with E-state index >= 15 is 0 Å². The van der Waals surface area contributed by atoms with Crippen molar-refractivity contribution in [1.82, 2.24) is 14.9 Å². The fraction of sp³-hybridized carbons (Fsp3) is 0.192. The molecule has 3 aromatic carbocycles. The number of amides is 1. The van der Waals surface area contributed by atoms with Crippen LogP contribution in [0.4, 0.5) is 0 Å². The maximum Gasteiger partial charge on any atom is 0.265 e. The van der Waals surface area contributed by atoms with Crippen LogP contribution < -0.4 is 10.9 Å². The molecule has 0 saturated carbocycles. The second-order valence-electron chi connectivity index (χ2n) is 7.65. The quantitative estimate of drug-likeness (QED) is 0.516. The predicted octanol–water partition coefficient (Wildman–Crippen LogP) is 4.75. The zero-order chi connectivity index (χ0) is 22.0. The van der Waals surface area contributed by atoms with Gasteiger partial charge in [0.1, 0.15) is 5.82 Å². The molecule has 1 unspecified atom stereocenters. The van der Waals surface area contributed by atoms with E-state index in [-0.39, 0.29) is 17.5 Å². The van der Waals surface area contributed by atoms with Gasteiger partial charge in [-0.25, -0.2) is 4.98 Å². The number of para-hydroxylation sites is 1. The molecule has 0 radical (unpaired) electrons. The molecule has 5 heteroatoms. The first-order chi connectivity index (χ1) is 15.0. The molecule has 4 rings (SSSR count). The van der Waals surface area contributed by atoms with Gasteiger partial charge in [0, 0.05) is 5.56 Å². The molecular formula is C26H25N3O2. The van der Waals surface area contributed by atoms with Gasteiger partial charge in [-0.3, -0.25) is 14.2 Å². The van der Waals surface area contributed by atoms with Crippen molar-refractivity contribution < 1.29 is 4.79 Å². The van der Waals surface area contributed by atoms with Crippen LogP contribution in [-0.4, -0.2) is 15.5 Å². The molecule has 0 spiro atoms. The number of nitrogens with zero attached hydrogens (tertiary/aromatic N) is 2. The lowest BCUT2D eigenvalue weighted by Crippen LogP contribution is -2.27. The Bertz CT molecular complexity index is 1290. The molecule has 156 valence electrons. The molecule has 0 saturated heterocycles. The number of hydrogen-bond acceptors (Lipinski definition) is 3. The van der Waals surface area contributed by atoms with E-state index in [1.54, 1.807) is 41.8 Å². The highest BCUT2D eigenvalue weighted by atomic mass is 16.1. The largest absolute Gasteiger partial charge is 0.346 e. The summed E-state index contributed by atoms with van der Waals surface area (Å²) < 4.78 is 1.57. The van der Waals surface area contributed by atoms with Gasteiger partial charge in [-0.05, 0) is 67.8 Å². The lowest BCUT2D eigenvalue weighted by atomic mass is 10.0. The van der Waals surface area contributed by atoms with Crippen LogP contribution in [0.1, 0.15) is 47.2 Å². The summed E-state index contributed by atoms with van der Waals surface area (Å²) in [5.74, 6) is 0.448. The van der Waals surface area contributed by atoms with E-state index in [9.17, 15) is 9.59 Å². The van der Waals surface area contributed by atoms with Crippen molar-refractivity contribution in [3.05, 3.63) is 106 Å². The highest BCUT2D eigenvalue weighted by Crippen LogP contribution is 2.16. The molecule has 5 nitrogen and oxygen atoms in total. The highest BCUT2D eigenvalue weighted by Gasteiger charge is 2.13. The summed E-state index contributed by atoms with van der Waals surface area (Å²) >= 11 is 0. The minimum absolute atomic E-state index is 0.104. The van der Waals surface area contributed by atoms with Crippen molar-refractivity contribution in [3.63, 3.8) is 0 Å². The van der Waals surface area contributed by atoms with Crippen LogP contribution in [0.5, 0.6) is 0 Å². The Kier molecular flexibility index (Phi) is 5.67. The van der Waals surface area contributed by atoms with E-state index in [1.807, 2.05) is 25.1 Å². The third-order valence-electron chi connectivity index (χ3n) is 5.57. The van der Waals surface area contributed by atoms with E-state index in [0.29, 0.717) is 28.0 Å². The Morgan fingerprint density at radius 2 is 1.68 bits per heavy atom. The number of aromatic nitrogens is 2. The maximum absolute atomic E-state index is 13.0. The van der Waals surface area contributed by atoms with Gasteiger partial charge in [0.05, 0.1) is 22.6 Å². The number of aryl methyl sites for hydroxylation is 2. The molecule has 31 heavy (non-hydrogen) atoms. The summed E-state index contributed by atoms with van der Waals surface area (Å²) in [5, 5.41) is 3.60. The summed E-state index contributed by atoms with van der Waals surface area (Å²) in [4.78, 5) is 30.2. The summed E-state index contributed by atoms with van der Waals surface area (Å²) in [5.41, 5.74) is 4.11. The minimum Gasteiger partial charge on any atom is -0.346 e. The minimum atomic E-state index is -0.153. The van der Waals surface area contributed by atoms with Crippen molar-refractivity contribution in [3.8, 4) is 5.69 Å². The topological polar surface area (TPSA) is 64.0 Å². The van der Waals surface area contributed by atoms with Crippen molar-refractivity contribution in [2.75, 3.05) is 0 Å². The van der Waals surface area contributed by atoms with Crippen molar-refractivity contribution in [2.24, 2.45) is 0 Å². The van der Waals surface area contributed by atoms with Gasteiger partial charge in [0.2, 0.25) is 0 Å². The van der Waals surface area contributed by atoms with Crippen LogP contribution >= 0.6 is 0 Å². The number of carbonyl (C=O) groups is 1. The summed E-state index contributed by atoms with van der Waals surface area (Å²) in [6.07, 6.45) is 0.989. The fourth-order valence-electron chi connectivity index (χ4n) is 3.71. The Hall–Kier alpha value is -3.73. The van der Waals surface area contributed by atoms with E-state index < -0.39 is 0 Å². The van der Waals surface area contributed by atoms with Crippen LogP contribution in [0.2, 0.25) is 0 Å². The molecule has 1 heterocycles. The lowest BCUT2D eigenvalue weighted by Gasteiger charge is -2.15. The number of fused-ring (bicyclic) bond motifs is 1. The first kappa shape index (κ1) is 20.5. The zero-order valence-corrected chi connectivity index (χ0v) is 17.9. The number of nitrogens with one attached hydrogen (secondary N) is 1. The fourth-order valence-corrected chi connectivity index (χ4v) is 3.71. The molecule has 1 N–H and O–H groups in total. The first-order valence-corrected chi connectivity index (χ1v) is 10.5. The highest BCUT2D eigenvalue weighted by molar-refractivity contribution is 5.94. The molecule has 0 aliphatic heterocycles. The number of hydrogen-bond donors (Lipinski definition) is 1. The average molecular weight is 412 g/mol. The van der Waals surface area contributed by atoms with Gasteiger partial charge in [0.15, 0.2) is 0 Å². The number of rotatable bonds is 5. The van der Waals surface area contributed by atoms with Gasteiger partial charge in [-0.15, -0.1) is 0 Å². The van der Waals surface area contributed by atoms with Gasteiger partial charge < -0.3 is 5.32 Å². The Labute approximate surface area is 181 Å². The molecule has 0 aliphatic carbocycles. The van der Waals surface area contributed by atoms with Gasteiger partial charge >= 0.3 is 0 Å². The van der Waals surface area contributed by atoms with Crippen LogP contribution in [-0.2, 0) is 6.42 Å². The average Bonchev–Trinajstić information content (AvgIpc) is 2.79. The molecule has 0 fully saturated rings. The Morgan fingerprint density at radius 3 is 2.35 bits per heavy atom. The number of benzene rings is 3. The van der Waals surface area contributed by atoms with E-state index in [1.165, 1.54) is 5.56 Å². The molecule has 1 aromatic heterocycles. The van der Waals surface area contributed by atoms with E-state index in [2.05, 4.69) is 41.5 Å². The van der Waals surface area contributed by atoms with Crippen molar-refractivity contribution in [1.29, 1.82) is 0 Å². The predicted molar refractivity (Wildman–Crippen MR) is 124 cm³/mol. The second kappa shape index (κ2) is 8.56. The van der Waals surface area contributed by atoms with Gasteiger partial charge in [-0.2, -0.15) is 0 Å². The van der Waals surface area contributed by atoms with Crippen LogP contribution in [0.3, 0.4) is 0 Å². The van der Waals surface area contributed by atoms with Gasteiger partial charge in [0.25, 0.3) is 11.5 Å². The van der Waals surface area contributed by atoms with Crippen molar-refractivity contribution in [2.45, 2.75) is 33.2 Å². The van der Waals surface area contributed by atoms with Crippen LogP contribution in [0, 0.1) is 6.92 Å². The third kappa shape index (κ3) is 4.12. The second-order valence-corrected chi connectivity index (χ2v) is 7.65. The molecule has 4 aromatic rings. The summed E-state index contributed by atoms with van der Waals surface area (Å²) in [6, 6.07) is 22.5. The molecule has 0 bridgehead atoms. The molecular weight excluding hydrogens is 386 g/mol. The molecule has 1 amide bonds. The van der Waals surface area contributed by atoms with E-state index in [0.717, 1.165) is 12.0 Å². The SMILES string of the molecule is CCc1ccc(C(C)NC(=O)c2ccc(-n3c(C)nc4ccccc4c3=O)cc2)cc1. The summed E-state index contributed by atoms with van der Waals surface area (Å²) in [6.45, 7) is 5.89. The lowest BCUT2D eigenvalue weighted by molar-refractivity contribution is 0.0940. The standard InChI is InChI=1S/C26H25N3O2/c1-4-19-9-11-20(12-10-19)17(2)27-25(30)21-13-15-22(16-14-21)29-18(3)28-24-8-6-5-7-23(24)26(29)31/h5-17H,4H2,1-3H3,(H,27,30). The van der Waals surface area contributed by atoms with E-state index in [4.69, 9.17) is 0 Å². The van der Waals surface area contributed by atoms with Gasteiger partial charge in [-0.1, -0.05) is 43.3 Å². The molecule has 1 atom stereocenters. The normalized spacial score (nSPS) is 12.0. The monoisotopic (exact) mass is 411 g/mol. The van der Waals surface area contributed by atoms with Crippen molar-refractivity contribution >= 4 is 16.8 Å². The van der Waals surface area contributed by atoms with Crippen LogP contribution in [0.25, 0.3) is 16.6 Å². The third-order valence-corrected chi connectivity index (χ3v) is 5.57. The Balaban J connectivity index is 1.56. The maximum atomic E-state index is 13.0. The summed E-state index contributed by atoms with van der Waals surface area (Å²) in [7, 11) is 0. The number of carbonyl (C=O) groups excluding carboxylic acids is 1. The van der Waals surface area contributed by atoms with Crippen LogP contribution in [0.15, 0.2) is 77.6 Å². The Morgan fingerprint density at radius 1 is 1.00 bits per heavy atom. The smallest absolute Gasteiger partial charge is 0.265 e.